The van der Waals surface area contributed by atoms with Crippen LogP contribution in [0.25, 0.3) is 212 Å². The molecular formula is C116H68N6O4. The van der Waals surface area contributed by atoms with Gasteiger partial charge in [0.25, 0.3) is 0 Å². The molecule has 0 aliphatic heterocycles. The molecule has 24 aromatic rings. The molecule has 26 rings (SSSR count). The first-order valence-corrected chi connectivity index (χ1v) is 42.6. The van der Waals surface area contributed by atoms with E-state index in [0.717, 1.165) is 182 Å². The first-order valence-electron chi connectivity index (χ1n) is 42.6. The van der Waals surface area contributed by atoms with Crippen LogP contribution >= 0.6 is 0 Å². The molecule has 18 aromatic carbocycles. The van der Waals surface area contributed by atoms with Crippen molar-refractivity contribution in [2.24, 2.45) is 0 Å². The average molecular weight is 1610 g/mol. The summed E-state index contributed by atoms with van der Waals surface area (Å²) in [6, 6.07) is 147. The molecule has 1 atom stereocenters. The molecule has 0 saturated carbocycles. The molecule has 6 aromatic heterocycles. The topological polar surface area (TPSA) is 130 Å². The van der Waals surface area contributed by atoms with E-state index in [4.69, 9.17) is 47.6 Å². The molecule has 586 valence electrons. The first-order chi connectivity index (χ1) is 62.3. The van der Waals surface area contributed by atoms with Gasteiger partial charge < -0.3 is 17.7 Å². The second-order valence-corrected chi connectivity index (χ2v) is 33.0. The number of hydrogen-bond donors (Lipinski definition) is 0. The zero-order chi connectivity index (χ0) is 82.7. The summed E-state index contributed by atoms with van der Waals surface area (Å²) < 4.78 is 26.1. The van der Waals surface area contributed by atoms with Crippen LogP contribution in [0, 0.1) is 0 Å². The van der Waals surface area contributed by atoms with E-state index in [-0.39, 0.29) is 0 Å². The number of hydrogen-bond acceptors (Lipinski definition) is 10. The van der Waals surface area contributed by atoms with Crippen molar-refractivity contribution in [1.29, 1.82) is 0 Å². The summed E-state index contributed by atoms with van der Waals surface area (Å²) in [6.07, 6.45) is 0. The van der Waals surface area contributed by atoms with Crippen molar-refractivity contribution < 1.29 is 17.7 Å². The lowest BCUT2D eigenvalue weighted by molar-refractivity contribution is 0.665. The summed E-state index contributed by atoms with van der Waals surface area (Å²) in [6.45, 7) is 0. The number of rotatable bonds is 13. The van der Waals surface area contributed by atoms with Gasteiger partial charge in [0.2, 0.25) is 0 Å². The second-order valence-electron chi connectivity index (χ2n) is 33.0. The van der Waals surface area contributed by atoms with Crippen molar-refractivity contribution in [2.75, 3.05) is 0 Å². The van der Waals surface area contributed by atoms with Crippen LogP contribution in [0.1, 0.15) is 44.5 Å². The Morgan fingerprint density at radius 3 is 0.905 bits per heavy atom. The molecule has 0 bridgehead atoms. The minimum absolute atomic E-state index is 0.552. The van der Waals surface area contributed by atoms with Crippen molar-refractivity contribution in [3.63, 3.8) is 0 Å². The summed E-state index contributed by atoms with van der Waals surface area (Å²) in [4.78, 5) is 31.5. The molecule has 0 amide bonds. The molecule has 0 spiro atoms. The Morgan fingerprint density at radius 2 is 0.421 bits per heavy atom. The fourth-order valence-corrected chi connectivity index (χ4v) is 20.3. The van der Waals surface area contributed by atoms with Gasteiger partial charge in [0.15, 0.2) is 34.9 Å². The van der Waals surface area contributed by atoms with E-state index in [1.165, 1.54) is 38.9 Å². The van der Waals surface area contributed by atoms with Crippen LogP contribution in [0.5, 0.6) is 0 Å². The summed E-state index contributed by atoms with van der Waals surface area (Å²) in [5.74, 6) is 3.37. The third kappa shape index (κ3) is 11.0. The average Bonchev–Trinajstić information content (AvgIpc) is 1.57. The molecule has 2 aliphatic carbocycles. The summed E-state index contributed by atoms with van der Waals surface area (Å²) in [5, 5.41) is 8.50. The van der Waals surface area contributed by atoms with Gasteiger partial charge >= 0.3 is 0 Å². The summed E-state index contributed by atoms with van der Waals surface area (Å²) in [5.41, 5.74) is 31.0. The van der Waals surface area contributed by atoms with Crippen LogP contribution < -0.4 is 0 Å². The highest BCUT2D eigenvalue weighted by molar-refractivity contribution is 6.09. The SMILES string of the molecule is c1ccc(-c2nc(-c3cccc(-c4ccc(C5(c6ccc7c(c6)oc6ccccc67)c6ccccc6-c6cc(-c7ccc(-c8nc(-c9ccc(-c%10ccc(C%11(c%12ccc%13c(c%12)oc%12ccccc%12%13)c%12ccccc%12-c%12ccccc%12%11)cc%10)cc9)nc(-c9ccc%10oc%11ccccc%11c%10c9)n8)cc7)ccc65)cc4)c3)nc(-c3ccc4c(c3)oc3ccccc34)n2)cc1. The fourth-order valence-electron chi connectivity index (χ4n) is 20.3. The molecule has 0 saturated heterocycles. The Balaban J connectivity index is 0.550. The van der Waals surface area contributed by atoms with E-state index in [0.29, 0.717) is 34.9 Å². The standard InChI is InChI=1S/C116H68N6O4/c1-2-19-73(20-3-1)109-118-112(122-114(119-109)80-49-58-92-88-26-7-14-33-101(88)124-106(92)66-80)78-22-18-21-76(63-78)72-47-54-82(55-48-72)116(84-57-60-94-90-28-9-16-35-103(90)126-108(94)68-84)99-32-13-6-25-87(99)95-64-77(50-61-100(95)116)71-39-43-75(44-40-71)111-117-110(120-113(121-111)79-51-62-105-96(65-79)91-29-10-17-36-104(91)123-105)74-41-37-69(38-42-74)70-45-52-81(53-46-70)115(97-30-11-4-23-85(97)86-24-5-12-31-98(86)115)83-56-59-93-89-27-8-15-34-102(89)125-107(93)67-83/h1-68H. The van der Waals surface area contributed by atoms with Crippen LogP contribution in [0.15, 0.2) is 430 Å². The number of nitrogens with zero attached hydrogens (tertiary/aromatic N) is 6. The summed E-state index contributed by atoms with van der Waals surface area (Å²) >= 11 is 0. The van der Waals surface area contributed by atoms with Gasteiger partial charge in [-0.25, -0.2) is 29.9 Å². The Hall–Kier alpha value is -16.8. The van der Waals surface area contributed by atoms with Crippen molar-refractivity contribution in [2.45, 2.75) is 10.8 Å². The van der Waals surface area contributed by atoms with Gasteiger partial charge in [-0.15, -0.1) is 0 Å². The Labute approximate surface area is 722 Å². The third-order valence-electron chi connectivity index (χ3n) is 26.2. The van der Waals surface area contributed by atoms with E-state index in [1.54, 1.807) is 0 Å². The molecular weight excluding hydrogens is 1540 g/mol. The van der Waals surface area contributed by atoms with E-state index < -0.39 is 10.8 Å². The normalized spacial score (nSPS) is 13.8. The molecule has 0 radical (unpaired) electrons. The van der Waals surface area contributed by atoms with Gasteiger partial charge in [-0.1, -0.05) is 334 Å². The van der Waals surface area contributed by atoms with Gasteiger partial charge in [-0.3, -0.25) is 0 Å². The van der Waals surface area contributed by atoms with Gasteiger partial charge in [-0.05, 0) is 179 Å². The highest BCUT2D eigenvalue weighted by Crippen LogP contribution is 2.60. The zero-order valence-electron chi connectivity index (χ0n) is 67.6. The minimum atomic E-state index is -0.771. The highest BCUT2D eigenvalue weighted by atomic mass is 16.3. The lowest BCUT2D eigenvalue weighted by Gasteiger charge is -2.34. The molecule has 10 nitrogen and oxygen atoms in total. The zero-order valence-corrected chi connectivity index (χ0v) is 67.6. The van der Waals surface area contributed by atoms with Crippen LogP contribution in [-0.2, 0) is 10.8 Å². The van der Waals surface area contributed by atoms with Gasteiger partial charge in [0.05, 0.1) is 10.8 Å². The van der Waals surface area contributed by atoms with Crippen molar-refractivity contribution in [3.8, 4) is 124 Å². The van der Waals surface area contributed by atoms with Gasteiger partial charge in [-0.2, -0.15) is 0 Å². The smallest absolute Gasteiger partial charge is 0.164 e. The number of benzene rings is 18. The predicted molar refractivity (Wildman–Crippen MR) is 506 cm³/mol. The molecule has 2 aliphatic rings. The maximum absolute atomic E-state index is 6.77. The quantitative estimate of drug-likeness (QED) is 0.110. The maximum atomic E-state index is 6.77. The van der Waals surface area contributed by atoms with Crippen LogP contribution in [0.3, 0.4) is 0 Å². The highest BCUT2D eigenvalue weighted by Gasteiger charge is 2.48. The monoisotopic (exact) mass is 1610 g/mol. The van der Waals surface area contributed by atoms with Crippen LogP contribution in [0.4, 0.5) is 0 Å². The third-order valence-corrected chi connectivity index (χ3v) is 26.2. The summed E-state index contributed by atoms with van der Waals surface area (Å²) in [7, 11) is 0. The molecule has 1 unspecified atom stereocenters. The van der Waals surface area contributed by atoms with Crippen LogP contribution in [-0.4, -0.2) is 29.9 Å². The largest absolute Gasteiger partial charge is 0.456 e. The minimum Gasteiger partial charge on any atom is -0.456 e. The van der Waals surface area contributed by atoms with E-state index >= 15 is 0 Å². The second kappa shape index (κ2) is 27.9. The fraction of sp³-hybridized carbons (Fsp3) is 0.0172. The van der Waals surface area contributed by atoms with E-state index in [9.17, 15) is 0 Å². The van der Waals surface area contributed by atoms with E-state index in [2.05, 4.69) is 315 Å². The van der Waals surface area contributed by atoms with Crippen molar-refractivity contribution in [3.05, 3.63) is 457 Å². The number of furan rings is 4. The van der Waals surface area contributed by atoms with Gasteiger partial charge in [0, 0.05) is 76.5 Å². The molecule has 0 fully saturated rings. The first kappa shape index (κ1) is 71.0. The lowest BCUT2D eigenvalue weighted by atomic mass is 9.67. The Kier molecular flexibility index (Phi) is 15.7. The Bertz CT molecular complexity index is 8550. The van der Waals surface area contributed by atoms with Crippen LogP contribution in [0.2, 0.25) is 0 Å². The number of para-hydroxylation sites is 4. The molecule has 126 heavy (non-hydrogen) atoms. The Morgan fingerprint density at radius 1 is 0.143 bits per heavy atom. The number of fused-ring (bicyclic) bond motifs is 18. The predicted octanol–water partition coefficient (Wildman–Crippen LogP) is 29.4. The molecule has 6 heterocycles. The molecule has 10 heteroatoms. The van der Waals surface area contributed by atoms with Crippen molar-refractivity contribution >= 4 is 87.8 Å². The van der Waals surface area contributed by atoms with E-state index in [1.807, 2.05) is 97.1 Å². The molecule has 0 N–H and O–H groups in total. The lowest BCUT2D eigenvalue weighted by Crippen LogP contribution is -2.28. The van der Waals surface area contributed by atoms with Gasteiger partial charge in [0.1, 0.15) is 44.7 Å². The van der Waals surface area contributed by atoms with Crippen molar-refractivity contribution in [1.82, 2.24) is 29.9 Å². The number of aromatic nitrogens is 6. The maximum Gasteiger partial charge on any atom is 0.164 e.